The molecule has 2 aromatic carbocycles. The Bertz CT molecular complexity index is 899. The second-order valence-electron chi connectivity index (χ2n) is 8.18. The van der Waals surface area contributed by atoms with E-state index in [1.807, 2.05) is 18.2 Å². The molecule has 0 aliphatic carbocycles. The molecule has 2 aromatic rings. The van der Waals surface area contributed by atoms with Gasteiger partial charge in [0.25, 0.3) is 0 Å². The maximum Gasteiger partial charge on any atom is 0.191 e. The average molecular weight is 569 g/mol. The van der Waals surface area contributed by atoms with Gasteiger partial charge in [-0.1, -0.05) is 24.3 Å². The van der Waals surface area contributed by atoms with Crippen LogP contribution in [0.15, 0.2) is 47.5 Å². The summed E-state index contributed by atoms with van der Waals surface area (Å²) in [5.74, 6) is 2.30. The Morgan fingerprint density at radius 1 is 0.970 bits per heavy atom. The predicted molar refractivity (Wildman–Crippen MR) is 144 cm³/mol. The summed E-state index contributed by atoms with van der Waals surface area (Å²) < 4.78 is 16.6. The molecule has 0 aromatic heterocycles. The van der Waals surface area contributed by atoms with Crippen LogP contribution in [0.25, 0.3) is 0 Å². The molecule has 33 heavy (non-hydrogen) atoms. The maximum atomic E-state index is 5.88. The van der Waals surface area contributed by atoms with E-state index < -0.39 is 0 Å². The number of nitrogens with one attached hydrogen (secondary N) is 2. The van der Waals surface area contributed by atoms with Crippen molar-refractivity contribution in [2.45, 2.75) is 45.7 Å². The number of halogens is 1. The lowest BCUT2D eigenvalue weighted by Gasteiger charge is -2.35. The summed E-state index contributed by atoms with van der Waals surface area (Å²) in [7, 11) is 5.09. The molecule has 2 atom stereocenters. The summed E-state index contributed by atoms with van der Waals surface area (Å²) in [6.45, 7) is 8.42. The molecule has 3 rings (SSSR count). The van der Waals surface area contributed by atoms with E-state index in [1.54, 1.807) is 21.3 Å². The highest BCUT2D eigenvalue weighted by atomic mass is 127. The van der Waals surface area contributed by atoms with Crippen molar-refractivity contribution in [3.63, 3.8) is 0 Å². The van der Waals surface area contributed by atoms with E-state index in [0.29, 0.717) is 13.1 Å². The Morgan fingerprint density at radius 2 is 1.61 bits per heavy atom. The first-order chi connectivity index (χ1) is 15.5. The minimum atomic E-state index is 0. The second-order valence-corrected chi connectivity index (χ2v) is 8.18. The Kier molecular flexibility index (Phi) is 11.2. The number of methoxy groups -OCH3 is 2. The Hall–Kier alpha value is -2.04. The predicted octanol–water partition coefficient (Wildman–Crippen LogP) is 3.80. The van der Waals surface area contributed by atoms with Crippen molar-refractivity contribution in [3.05, 3.63) is 59.2 Å². The molecule has 1 aliphatic rings. The highest BCUT2D eigenvalue weighted by Crippen LogP contribution is 2.24. The van der Waals surface area contributed by atoms with Gasteiger partial charge in [0, 0.05) is 51.4 Å². The van der Waals surface area contributed by atoms with Gasteiger partial charge >= 0.3 is 0 Å². The van der Waals surface area contributed by atoms with Crippen molar-refractivity contribution in [1.29, 1.82) is 0 Å². The van der Waals surface area contributed by atoms with Gasteiger partial charge in [0.1, 0.15) is 11.5 Å². The lowest BCUT2D eigenvalue weighted by molar-refractivity contribution is -0.0705. The summed E-state index contributed by atoms with van der Waals surface area (Å²) >= 11 is 0. The molecule has 1 heterocycles. The molecule has 182 valence electrons. The molecule has 1 saturated heterocycles. The van der Waals surface area contributed by atoms with Gasteiger partial charge in [-0.05, 0) is 37.1 Å². The fraction of sp³-hybridized carbons (Fsp3) is 0.480. The first-order valence-corrected chi connectivity index (χ1v) is 11.1. The van der Waals surface area contributed by atoms with Crippen LogP contribution in [0.2, 0.25) is 0 Å². The van der Waals surface area contributed by atoms with Gasteiger partial charge in [-0.25, -0.2) is 0 Å². The smallest absolute Gasteiger partial charge is 0.191 e. The van der Waals surface area contributed by atoms with Crippen LogP contribution in [0.1, 0.15) is 30.5 Å². The van der Waals surface area contributed by atoms with Gasteiger partial charge in [-0.3, -0.25) is 9.89 Å². The SMILES string of the molecule is CN=C(NCc1ccccc1CN1CC(C)OC(C)C1)NCc1ccc(OC)cc1OC.I. The van der Waals surface area contributed by atoms with Crippen molar-refractivity contribution in [2.75, 3.05) is 34.4 Å². The third-order valence-electron chi connectivity index (χ3n) is 5.62. The van der Waals surface area contributed by atoms with E-state index in [4.69, 9.17) is 14.2 Å². The zero-order valence-electron chi connectivity index (χ0n) is 20.3. The quantitative estimate of drug-likeness (QED) is 0.287. The number of hydrogen-bond acceptors (Lipinski definition) is 5. The van der Waals surface area contributed by atoms with Crippen LogP contribution in [-0.4, -0.2) is 57.4 Å². The molecule has 0 saturated carbocycles. The number of guanidine groups is 1. The van der Waals surface area contributed by atoms with E-state index in [1.165, 1.54) is 11.1 Å². The fourth-order valence-corrected chi connectivity index (χ4v) is 4.12. The van der Waals surface area contributed by atoms with Gasteiger partial charge in [-0.2, -0.15) is 0 Å². The zero-order valence-corrected chi connectivity index (χ0v) is 22.6. The molecule has 0 radical (unpaired) electrons. The molecule has 2 N–H and O–H groups in total. The fourth-order valence-electron chi connectivity index (χ4n) is 4.12. The number of rotatable bonds is 8. The topological polar surface area (TPSA) is 67.4 Å². The summed E-state index contributed by atoms with van der Waals surface area (Å²) in [6, 6.07) is 14.4. The zero-order chi connectivity index (χ0) is 22.9. The van der Waals surface area contributed by atoms with E-state index in [0.717, 1.165) is 42.7 Å². The normalized spacial score (nSPS) is 18.9. The summed E-state index contributed by atoms with van der Waals surface area (Å²) in [5, 5.41) is 6.81. The van der Waals surface area contributed by atoms with Crippen LogP contribution < -0.4 is 20.1 Å². The maximum absolute atomic E-state index is 5.88. The first kappa shape index (κ1) is 27.2. The molecule has 1 fully saturated rings. The summed E-state index contributed by atoms with van der Waals surface area (Å²) in [6.07, 6.45) is 0.532. The van der Waals surface area contributed by atoms with Gasteiger partial charge < -0.3 is 24.8 Å². The van der Waals surface area contributed by atoms with Crippen molar-refractivity contribution >= 4 is 29.9 Å². The lowest BCUT2D eigenvalue weighted by Crippen LogP contribution is -2.45. The Morgan fingerprint density at radius 3 is 2.21 bits per heavy atom. The Balaban J connectivity index is 0.00000385. The molecule has 7 nitrogen and oxygen atoms in total. The monoisotopic (exact) mass is 568 g/mol. The summed E-state index contributed by atoms with van der Waals surface area (Å²) in [4.78, 5) is 6.85. The molecule has 0 spiro atoms. The second kappa shape index (κ2) is 13.6. The molecular formula is C25H37IN4O3. The average Bonchev–Trinajstić information content (AvgIpc) is 2.79. The van der Waals surface area contributed by atoms with Gasteiger partial charge in [-0.15, -0.1) is 24.0 Å². The van der Waals surface area contributed by atoms with Crippen LogP contribution >= 0.6 is 24.0 Å². The Labute approximate surface area is 214 Å². The molecule has 0 amide bonds. The standard InChI is InChI=1S/C25H36N4O3.HI/c1-18-15-29(16-19(2)32-18)17-22-9-7-6-8-20(22)13-27-25(26-3)28-14-21-10-11-23(30-4)12-24(21)31-5;/h6-12,18-19H,13-17H2,1-5H3,(H2,26,27,28);1H. The number of benzene rings is 2. The van der Waals surface area contributed by atoms with Gasteiger partial charge in [0.2, 0.25) is 0 Å². The number of nitrogens with zero attached hydrogens (tertiary/aromatic N) is 2. The molecule has 1 aliphatic heterocycles. The van der Waals surface area contributed by atoms with E-state index in [-0.39, 0.29) is 36.2 Å². The number of morpholine rings is 1. The number of ether oxygens (including phenoxy) is 3. The van der Waals surface area contributed by atoms with Crippen molar-refractivity contribution in [3.8, 4) is 11.5 Å². The number of hydrogen-bond donors (Lipinski definition) is 2. The molecule has 0 bridgehead atoms. The van der Waals surface area contributed by atoms with Crippen LogP contribution in [0.3, 0.4) is 0 Å². The van der Waals surface area contributed by atoms with Gasteiger partial charge in [0.15, 0.2) is 5.96 Å². The van der Waals surface area contributed by atoms with E-state index in [2.05, 4.69) is 58.6 Å². The highest BCUT2D eigenvalue weighted by molar-refractivity contribution is 14.0. The van der Waals surface area contributed by atoms with Crippen LogP contribution in [0.4, 0.5) is 0 Å². The van der Waals surface area contributed by atoms with Crippen LogP contribution in [0.5, 0.6) is 11.5 Å². The third-order valence-corrected chi connectivity index (χ3v) is 5.62. The highest BCUT2D eigenvalue weighted by Gasteiger charge is 2.22. The molecule has 8 heteroatoms. The van der Waals surface area contributed by atoms with Gasteiger partial charge in [0.05, 0.1) is 26.4 Å². The molecular weight excluding hydrogens is 531 g/mol. The number of aliphatic imine (C=N–C) groups is 1. The largest absolute Gasteiger partial charge is 0.497 e. The summed E-state index contributed by atoms with van der Waals surface area (Å²) in [5.41, 5.74) is 3.63. The van der Waals surface area contributed by atoms with E-state index in [9.17, 15) is 0 Å². The van der Waals surface area contributed by atoms with Crippen molar-refractivity contribution < 1.29 is 14.2 Å². The lowest BCUT2D eigenvalue weighted by atomic mass is 10.1. The first-order valence-electron chi connectivity index (χ1n) is 11.1. The minimum absolute atomic E-state index is 0. The van der Waals surface area contributed by atoms with Crippen molar-refractivity contribution in [1.82, 2.24) is 15.5 Å². The van der Waals surface area contributed by atoms with E-state index >= 15 is 0 Å². The van der Waals surface area contributed by atoms with Crippen LogP contribution in [0, 0.1) is 0 Å². The van der Waals surface area contributed by atoms with Crippen molar-refractivity contribution in [2.24, 2.45) is 4.99 Å². The molecule has 2 unspecified atom stereocenters. The van der Waals surface area contributed by atoms with Crippen LogP contribution in [-0.2, 0) is 24.4 Å². The minimum Gasteiger partial charge on any atom is -0.497 e. The third kappa shape index (κ3) is 8.04.